The van der Waals surface area contributed by atoms with E-state index in [9.17, 15) is 17.2 Å². The van der Waals surface area contributed by atoms with Crippen molar-refractivity contribution in [3.63, 3.8) is 0 Å². The predicted octanol–water partition coefficient (Wildman–Crippen LogP) is 4.78. The van der Waals surface area contributed by atoms with Crippen molar-refractivity contribution in [2.75, 3.05) is 31.3 Å². The van der Waals surface area contributed by atoms with Gasteiger partial charge in [0, 0.05) is 38.3 Å². The first-order valence-electron chi connectivity index (χ1n) is 13.7. The minimum atomic E-state index is -3.80. The minimum absolute atomic E-state index is 0.00557. The van der Waals surface area contributed by atoms with Crippen LogP contribution in [0.3, 0.4) is 0 Å². The van der Waals surface area contributed by atoms with Gasteiger partial charge in [-0.15, -0.1) is 5.10 Å². The van der Waals surface area contributed by atoms with E-state index in [1.165, 1.54) is 6.20 Å². The number of ether oxygens (including phenoxy) is 1. The number of sulfone groups is 1. The number of hydrogen-bond acceptors (Lipinski definition) is 8. The Bertz CT molecular complexity index is 1850. The molecule has 5 heterocycles. The van der Waals surface area contributed by atoms with Crippen molar-refractivity contribution in [2.24, 2.45) is 13.0 Å². The van der Waals surface area contributed by atoms with E-state index < -0.39 is 22.8 Å². The number of aryl methyl sites for hydroxylation is 2. The highest BCUT2D eigenvalue weighted by molar-refractivity contribution is 7.91. The lowest BCUT2D eigenvalue weighted by Gasteiger charge is -2.33. The van der Waals surface area contributed by atoms with Gasteiger partial charge in [0.1, 0.15) is 10.7 Å². The van der Waals surface area contributed by atoms with Gasteiger partial charge >= 0.3 is 0 Å². The Balaban J connectivity index is 1.77. The quantitative estimate of drug-likeness (QED) is 0.272. The molecule has 6 rings (SSSR count). The first-order valence-corrected chi connectivity index (χ1v) is 15.6. The van der Waals surface area contributed by atoms with Crippen LogP contribution in [-0.4, -0.2) is 70.4 Å². The van der Waals surface area contributed by atoms with E-state index in [4.69, 9.17) is 9.72 Å². The molecule has 220 valence electrons. The van der Waals surface area contributed by atoms with Gasteiger partial charge in [-0.2, -0.15) is 0 Å². The van der Waals surface area contributed by atoms with Crippen LogP contribution < -0.4 is 5.32 Å². The van der Waals surface area contributed by atoms with Crippen LogP contribution in [0.2, 0.25) is 0 Å². The number of hydrogen-bond donors (Lipinski definition) is 1. The summed E-state index contributed by atoms with van der Waals surface area (Å²) in [7, 11) is -2.00. The summed E-state index contributed by atoms with van der Waals surface area (Å²) in [6.45, 7) is 2.37. The van der Waals surface area contributed by atoms with Crippen LogP contribution in [0.1, 0.15) is 30.1 Å². The SMILES string of the molecule is Cc1nnn(C)c1-c1cnc2c3c(NCC(F)F)ncc(S(C)(=O)=O)c3n([C@H](c3ccccc3)C3CCOCC3)c2c1. The van der Waals surface area contributed by atoms with Gasteiger partial charge in [-0.3, -0.25) is 4.98 Å². The fourth-order valence-corrected chi connectivity index (χ4v) is 6.86. The molecule has 5 aromatic rings. The van der Waals surface area contributed by atoms with Crippen molar-refractivity contribution < 1.29 is 21.9 Å². The largest absolute Gasteiger partial charge is 0.381 e. The maximum Gasteiger partial charge on any atom is 0.255 e. The van der Waals surface area contributed by atoms with Crippen LogP contribution >= 0.6 is 0 Å². The van der Waals surface area contributed by atoms with E-state index in [0.717, 1.165) is 35.9 Å². The fourth-order valence-electron chi connectivity index (χ4n) is 6.07. The summed E-state index contributed by atoms with van der Waals surface area (Å²) in [4.78, 5) is 9.16. The summed E-state index contributed by atoms with van der Waals surface area (Å²) >= 11 is 0. The second-order valence-corrected chi connectivity index (χ2v) is 12.6. The smallest absolute Gasteiger partial charge is 0.255 e. The second kappa shape index (κ2) is 11.0. The van der Waals surface area contributed by atoms with Gasteiger partial charge in [-0.25, -0.2) is 26.9 Å². The molecule has 1 fully saturated rings. The Labute approximate surface area is 241 Å². The number of anilines is 1. The predicted molar refractivity (Wildman–Crippen MR) is 155 cm³/mol. The fraction of sp³-hybridized carbons (Fsp3) is 0.379. The number of pyridine rings is 2. The standard InChI is InChI=1S/C29H31F2N7O3S/c1-17-26(37(2)36-35-17)20-13-21-25(32-14-20)24-28(22(42(3,39)40)15-33-29(24)34-16-23(30)31)38(21)27(18-7-5-4-6-8-18)19-9-11-41-12-10-19/h4-8,13-15,19,23,27H,9-12,16H2,1-3H3,(H,33,34)/t27-/m1/s1. The summed E-state index contributed by atoms with van der Waals surface area (Å²) in [5, 5.41) is 11.5. The number of nitrogens with zero attached hydrogens (tertiary/aromatic N) is 6. The Kier molecular flexibility index (Phi) is 7.39. The monoisotopic (exact) mass is 595 g/mol. The number of halogens is 2. The number of nitrogens with one attached hydrogen (secondary N) is 1. The average Bonchev–Trinajstić information content (AvgIpc) is 3.48. The third-order valence-electron chi connectivity index (χ3n) is 7.85. The highest BCUT2D eigenvalue weighted by Crippen LogP contribution is 2.44. The molecule has 10 nitrogen and oxygen atoms in total. The van der Waals surface area contributed by atoms with Crippen molar-refractivity contribution in [3.05, 3.63) is 60.0 Å². The first-order chi connectivity index (χ1) is 20.1. The minimum Gasteiger partial charge on any atom is -0.381 e. The number of alkyl halides is 2. The van der Waals surface area contributed by atoms with E-state index >= 15 is 0 Å². The number of fused-ring (bicyclic) bond motifs is 3. The Hall–Kier alpha value is -3.97. The molecule has 1 atom stereocenters. The molecule has 0 aliphatic carbocycles. The first kappa shape index (κ1) is 28.2. The molecule has 0 radical (unpaired) electrons. The number of aromatic nitrogens is 6. The molecule has 0 saturated carbocycles. The zero-order valence-corrected chi connectivity index (χ0v) is 24.3. The van der Waals surface area contributed by atoms with Gasteiger partial charge in [-0.05, 0) is 37.3 Å². The normalized spacial score (nSPS) is 15.6. The van der Waals surface area contributed by atoms with Crippen LogP contribution in [-0.2, 0) is 21.6 Å². The molecule has 0 unspecified atom stereocenters. The summed E-state index contributed by atoms with van der Waals surface area (Å²) < 4.78 is 62.6. The summed E-state index contributed by atoms with van der Waals surface area (Å²) in [5.41, 5.74) is 4.70. The van der Waals surface area contributed by atoms with E-state index in [-0.39, 0.29) is 22.7 Å². The summed E-state index contributed by atoms with van der Waals surface area (Å²) in [5.74, 6) is 0.251. The average molecular weight is 596 g/mol. The zero-order chi connectivity index (χ0) is 29.6. The molecule has 1 aromatic carbocycles. The van der Waals surface area contributed by atoms with E-state index in [2.05, 4.69) is 20.6 Å². The van der Waals surface area contributed by atoms with Crippen molar-refractivity contribution in [2.45, 2.75) is 37.1 Å². The number of benzene rings is 1. The molecule has 4 aromatic heterocycles. The van der Waals surface area contributed by atoms with Crippen molar-refractivity contribution in [1.29, 1.82) is 0 Å². The zero-order valence-electron chi connectivity index (χ0n) is 23.5. The molecule has 0 amide bonds. The molecule has 1 aliphatic rings. The highest BCUT2D eigenvalue weighted by Gasteiger charge is 2.33. The van der Waals surface area contributed by atoms with Crippen LogP contribution in [0, 0.1) is 12.8 Å². The van der Waals surface area contributed by atoms with Crippen molar-refractivity contribution in [3.8, 4) is 11.3 Å². The molecule has 0 spiro atoms. The van der Waals surface area contributed by atoms with E-state index in [1.807, 2.05) is 47.9 Å². The van der Waals surface area contributed by atoms with Crippen LogP contribution in [0.5, 0.6) is 0 Å². The van der Waals surface area contributed by atoms with E-state index in [0.29, 0.717) is 40.8 Å². The maximum atomic E-state index is 13.4. The van der Waals surface area contributed by atoms with Gasteiger partial charge in [0.15, 0.2) is 9.84 Å². The molecule has 42 heavy (non-hydrogen) atoms. The van der Waals surface area contributed by atoms with Gasteiger partial charge in [0.05, 0.1) is 52.1 Å². The maximum absolute atomic E-state index is 13.4. The van der Waals surface area contributed by atoms with Gasteiger partial charge in [0.25, 0.3) is 6.43 Å². The van der Waals surface area contributed by atoms with Crippen LogP contribution in [0.15, 0.2) is 53.7 Å². The topological polar surface area (TPSA) is 117 Å². The Morgan fingerprint density at radius 3 is 2.50 bits per heavy atom. The lowest BCUT2D eigenvalue weighted by Crippen LogP contribution is -2.27. The lowest BCUT2D eigenvalue weighted by molar-refractivity contribution is 0.0552. The highest BCUT2D eigenvalue weighted by atomic mass is 32.2. The van der Waals surface area contributed by atoms with Crippen LogP contribution in [0.25, 0.3) is 33.2 Å². The molecule has 1 N–H and O–H groups in total. The molecule has 0 bridgehead atoms. The molecule has 1 aliphatic heterocycles. The van der Waals surface area contributed by atoms with Crippen molar-refractivity contribution in [1.82, 2.24) is 29.5 Å². The lowest BCUT2D eigenvalue weighted by atomic mass is 9.86. The van der Waals surface area contributed by atoms with Gasteiger partial charge in [0.2, 0.25) is 0 Å². The molecular formula is C29H31F2N7O3S. The molecular weight excluding hydrogens is 564 g/mol. The Morgan fingerprint density at radius 1 is 1.12 bits per heavy atom. The van der Waals surface area contributed by atoms with E-state index in [1.54, 1.807) is 17.9 Å². The summed E-state index contributed by atoms with van der Waals surface area (Å²) in [6.07, 6.45) is 2.94. The van der Waals surface area contributed by atoms with Crippen molar-refractivity contribution >= 4 is 37.6 Å². The molecule has 13 heteroatoms. The summed E-state index contributed by atoms with van der Waals surface area (Å²) in [6, 6.07) is 11.6. The number of rotatable bonds is 8. The third-order valence-corrected chi connectivity index (χ3v) is 8.94. The van der Waals surface area contributed by atoms with Gasteiger partial charge < -0.3 is 14.6 Å². The van der Waals surface area contributed by atoms with Crippen LogP contribution in [0.4, 0.5) is 14.6 Å². The van der Waals surface area contributed by atoms with Gasteiger partial charge in [-0.1, -0.05) is 35.5 Å². The molecule has 1 saturated heterocycles. The Morgan fingerprint density at radius 2 is 1.86 bits per heavy atom. The third kappa shape index (κ3) is 5.00. The second-order valence-electron chi connectivity index (χ2n) is 10.7.